The van der Waals surface area contributed by atoms with Crippen molar-refractivity contribution in [2.24, 2.45) is 0 Å². The maximum absolute atomic E-state index is 13.1. The molecular weight excluding hydrogens is 480 g/mol. The van der Waals surface area contributed by atoms with E-state index < -0.39 is 41.2 Å². The number of nitrogens with one attached hydrogen (secondary N) is 1. The number of piperidine rings is 1. The fraction of sp³-hybridized carbons (Fsp3) is 0.318. The number of carbonyl (C=O) groups excluding carboxylic acids is 1. The lowest BCUT2D eigenvalue weighted by atomic mass is 9.89. The molecule has 2 amide bonds. The number of amides is 2. The molecule has 13 heteroatoms. The second-order valence-corrected chi connectivity index (χ2v) is 7.95. The standard InChI is InChI=1S/C22H19F6N5O2/c23-21(24,25)13-9-14(22(26,27)28)11-15(10-13)31-20(34)33-7-1-2-12-8-16(3-4-17(12)33)35-18-5-6-30-19(29)32-18/h3,5-6,8-11,17H,1-2,4,7H2,(H,31,34)(H2,29,30,32). The number of nitrogens with zero attached hydrogens (tertiary/aromatic N) is 3. The number of alkyl halides is 6. The van der Waals surface area contributed by atoms with Gasteiger partial charge in [0.2, 0.25) is 11.8 Å². The van der Waals surface area contributed by atoms with Crippen molar-refractivity contribution < 1.29 is 35.9 Å². The Labute approximate surface area is 195 Å². The molecule has 3 N–H and O–H groups in total. The molecule has 2 aromatic rings. The van der Waals surface area contributed by atoms with E-state index >= 15 is 0 Å². The first-order valence-corrected chi connectivity index (χ1v) is 10.4. The van der Waals surface area contributed by atoms with E-state index in [-0.39, 0.29) is 24.4 Å². The summed E-state index contributed by atoms with van der Waals surface area (Å²) >= 11 is 0. The summed E-state index contributed by atoms with van der Waals surface area (Å²) in [5.74, 6) is 0.743. The number of urea groups is 1. The minimum absolute atomic E-state index is 0.0100. The molecule has 35 heavy (non-hydrogen) atoms. The van der Waals surface area contributed by atoms with Gasteiger partial charge in [0.25, 0.3) is 0 Å². The normalized spacial score (nSPS) is 18.3. The quantitative estimate of drug-likeness (QED) is 0.553. The summed E-state index contributed by atoms with van der Waals surface area (Å²) < 4.78 is 84.5. The molecule has 0 saturated carbocycles. The van der Waals surface area contributed by atoms with Crippen molar-refractivity contribution in [3.8, 4) is 5.88 Å². The summed E-state index contributed by atoms with van der Waals surface area (Å²) in [4.78, 5) is 22.0. The van der Waals surface area contributed by atoms with Gasteiger partial charge in [-0.2, -0.15) is 31.3 Å². The molecule has 1 aliphatic carbocycles. The number of fused-ring (bicyclic) bond motifs is 1. The van der Waals surface area contributed by atoms with Gasteiger partial charge >= 0.3 is 18.4 Å². The van der Waals surface area contributed by atoms with Crippen molar-refractivity contribution in [2.75, 3.05) is 17.6 Å². The van der Waals surface area contributed by atoms with Crippen LogP contribution in [0.2, 0.25) is 0 Å². The molecular formula is C22H19F6N5O2. The molecule has 1 fully saturated rings. The molecule has 0 bridgehead atoms. The molecule has 1 aliphatic heterocycles. The Morgan fingerprint density at radius 1 is 1.11 bits per heavy atom. The SMILES string of the molecule is Nc1nccc(OC2=CCC3C(=C2)CCCN3C(=O)Nc2cc(C(F)(F)F)cc(C(F)(F)F)c2)n1. The van der Waals surface area contributed by atoms with E-state index in [0.29, 0.717) is 37.2 Å². The van der Waals surface area contributed by atoms with E-state index in [2.05, 4.69) is 15.3 Å². The van der Waals surface area contributed by atoms with Crippen molar-refractivity contribution in [2.45, 2.75) is 37.7 Å². The zero-order chi connectivity index (χ0) is 25.4. The van der Waals surface area contributed by atoms with Crippen molar-refractivity contribution >= 4 is 17.7 Å². The van der Waals surface area contributed by atoms with E-state index in [1.54, 1.807) is 12.2 Å². The zero-order valence-electron chi connectivity index (χ0n) is 18.0. The lowest BCUT2D eigenvalue weighted by Crippen LogP contribution is -2.47. The number of allylic oxidation sites excluding steroid dienone is 1. The van der Waals surface area contributed by atoms with Crippen molar-refractivity contribution in [1.29, 1.82) is 0 Å². The van der Waals surface area contributed by atoms with Crippen LogP contribution in [0.25, 0.3) is 0 Å². The number of likely N-dealkylation sites (tertiary alicyclic amines) is 1. The molecule has 7 nitrogen and oxygen atoms in total. The summed E-state index contributed by atoms with van der Waals surface area (Å²) in [5.41, 5.74) is 2.77. The molecule has 2 aliphatic rings. The van der Waals surface area contributed by atoms with Gasteiger partial charge in [-0.25, -0.2) is 9.78 Å². The fourth-order valence-corrected chi connectivity index (χ4v) is 3.96. The minimum atomic E-state index is -5.01. The number of aromatic nitrogens is 2. The Morgan fingerprint density at radius 2 is 1.80 bits per heavy atom. The number of nitrogens with two attached hydrogens (primary N) is 1. The number of carbonyl (C=O) groups is 1. The summed E-state index contributed by atoms with van der Waals surface area (Å²) in [6.07, 6.45) is -3.61. The van der Waals surface area contributed by atoms with Crippen molar-refractivity contribution in [1.82, 2.24) is 14.9 Å². The molecule has 2 heterocycles. The van der Waals surface area contributed by atoms with Gasteiger partial charge in [-0.05, 0) is 55.2 Å². The van der Waals surface area contributed by atoms with Crippen LogP contribution in [-0.4, -0.2) is 33.5 Å². The molecule has 0 spiro atoms. The first-order valence-electron chi connectivity index (χ1n) is 10.4. The summed E-state index contributed by atoms with van der Waals surface area (Å²) in [6, 6.07) is 1.28. The number of nitrogen functional groups attached to an aromatic ring is 1. The number of hydrogen-bond acceptors (Lipinski definition) is 5. The van der Waals surface area contributed by atoms with Crippen LogP contribution in [0, 0.1) is 0 Å². The molecule has 1 saturated heterocycles. The Hall–Kier alpha value is -3.77. The summed E-state index contributed by atoms with van der Waals surface area (Å²) in [5, 5.41) is 2.20. The van der Waals surface area contributed by atoms with Crippen LogP contribution in [-0.2, 0) is 12.4 Å². The maximum atomic E-state index is 13.1. The van der Waals surface area contributed by atoms with Crippen LogP contribution in [0.1, 0.15) is 30.4 Å². The Balaban J connectivity index is 1.51. The second-order valence-electron chi connectivity index (χ2n) is 7.95. The highest BCUT2D eigenvalue weighted by Gasteiger charge is 2.38. The Bertz CT molecular complexity index is 1160. The second kappa shape index (κ2) is 9.12. The van der Waals surface area contributed by atoms with Gasteiger partial charge in [-0.1, -0.05) is 0 Å². The van der Waals surface area contributed by atoms with Crippen LogP contribution >= 0.6 is 0 Å². The maximum Gasteiger partial charge on any atom is 0.416 e. The van der Waals surface area contributed by atoms with Gasteiger partial charge in [0.1, 0.15) is 5.76 Å². The average Bonchev–Trinajstić information content (AvgIpc) is 2.77. The number of hydrogen-bond donors (Lipinski definition) is 2. The molecule has 1 atom stereocenters. The van der Waals surface area contributed by atoms with Gasteiger partial charge < -0.3 is 20.7 Å². The molecule has 1 aromatic heterocycles. The van der Waals surface area contributed by atoms with Crippen molar-refractivity contribution in [3.63, 3.8) is 0 Å². The predicted octanol–water partition coefficient (Wildman–Crippen LogP) is 5.39. The van der Waals surface area contributed by atoms with Gasteiger partial charge in [0, 0.05) is 24.5 Å². The van der Waals surface area contributed by atoms with E-state index in [1.807, 2.05) is 0 Å². The summed E-state index contributed by atoms with van der Waals surface area (Å²) in [7, 11) is 0. The van der Waals surface area contributed by atoms with Crippen LogP contribution in [0.3, 0.4) is 0 Å². The lowest BCUT2D eigenvalue weighted by molar-refractivity contribution is -0.143. The largest absolute Gasteiger partial charge is 0.439 e. The van der Waals surface area contributed by atoms with Crippen LogP contribution in [0.4, 0.5) is 42.8 Å². The third-order valence-electron chi connectivity index (χ3n) is 5.51. The predicted molar refractivity (Wildman–Crippen MR) is 113 cm³/mol. The topological polar surface area (TPSA) is 93.4 Å². The van der Waals surface area contributed by atoms with Crippen LogP contribution in [0.15, 0.2) is 53.9 Å². The minimum Gasteiger partial charge on any atom is -0.439 e. The number of halogens is 6. The molecule has 186 valence electrons. The van der Waals surface area contributed by atoms with Gasteiger partial charge in [0.05, 0.1) is 17.2 Å². The highest BCUT2D eigenvalue weighted by molar-refractivity contribution is 5.90. The smallest absolute Gasteiger partial charge is 0.416 e. The van der Waals surface area contributed by atoms with Gasteiger partial charge in [0.15, 0.2) is 0 Å². The third kappa shape index (κ3) is 5.66. The Morgan fingerprint density at radius 3 is 2.43 bits per heavy atom. The first-order chi connectivity index (χ1) is 16.4. The van der Waals surface area contributed by atoms with Crippen LogP contribution < -0.4 is 15.8 Å². The molecule has 1 unspecified atom stereocenters. The fourth-order valence-electron chi connectivity index (χ4n) is 3.96. The van der Waals surface area contributed by atoms with E-state index in [1.165, 1.54) is 17.2 Å². The van der Waals surface area contributed by atoms with E-state index in [9.17, 15) is 31.1 Å². The van der Waals surface area contributed by atoms with Crippen molar-refractivity contribution in [3.05, 3.63) is 65.1 Å². The molecule has 4 rings (SSSR count). The first kappa shape index (κ1) is 24.4. The number of anilines is 2. The molecule has 1 aromatic carbocycles. The highest BCUT2D eigenvalue weighted by atomic mass is 19.4. The van der Waals surface area contributed by atoms with Gasteiger partial charge in [-0.3, -0.25) is 0 Å². The summed E-state index contributed by atoms with van der Waals surface area (Å²) in [6.45, 7) is 0.283. The average molecular weight is 499 g/mol. The monoisotopic (exact) mass is 499 g/mol. The number of rotatable bonds is 3. The number of ether oxygens (including phenoxy) is 1. The lowest BCUT2D eigenvalue weighted by Gasteiger charge is -2.39. The van der Waals surface area contributed by atoms with Gasteiger partial charge in [-0.15, -0.1) is 0 Å². The van der Waals surface area contributed by atoms with Crippen LogP contribution in [0.5, 0.6) is 5.88 Å². The molecule has 0 radical (unpaired) electrons. The van der Waals surface area contributed by atoms with E-state index in [4.69, 9.17) is 10.5 Å². The Kier molecular flexibility index (Phi) is 6.34. The van der Waals surface area contributed by atoms with E-state index in [0.717, 1.165) is 5.57 Å². The number of benzene rings is 1. The third-order valence-corrected chi connectivity index (χ3v) is 5.51. The zero-order valence-corrected chi connectivity index (χ0v) is 18.0. The highest BCUT2D eigenvalue weighted by Crippen LogP contribution is 2.38.